The van der Waals surface area contributed by atoms with Crippen LogP contribution in [-0.2, 0) is 9.47 Å². The summed E-state index contributed by atoms with van der Waals surface area (Å²) in [7, 11) is 4.02. The predicted octanol–water partition coefficient (Wildman–Crippen LogP) is 1.31. The van der Waals surface area contributed by atoms with Gasteiger partial charge in [-0.25, -0.2) is 0 Å². The monoisotopic (exact) mass is 440 g/mol. The van der Waals surface area contributed by atoms with E-state index >= 15 is 0 Å². The Bertz CT molecular complexity index is 351. The van der Waals surface area contributed by atoms with Gasteiger partial charge in [-0.05, 0) is 45.7 Å². The van der Waals surface area contributed by atoms with Crippen LogP contribution in [0.15, 0.2) is 4.99 Å². The van der Waals surface area contributed by atoms with Gasteiger partial charge in [0, 0.05) is 32.8 Å². The number of nitrogens with zero attached hydrogens (tertiary/aromatic N) is 2. The number of piperidine rings is 1. The van der Waals surface area contributed by atoms with Gasteiger partial charge in [-0.1, -0.05) is 0 Å². The third-order valence-corrected chi connectivity index (χ3v) is 4.36. The number of ether oxygens (including phenoxy) is 2. The van der Waals surface area contributed by atoms with Crippen LogP contribution in [-0.4, -0.2) is 76.6 Å². The van der Waals surface area contributed by atoms with Gasteiger partial charge in [0.05, 0.1) is 19.3 Å². The fourth-order valence-corrected chi connectivity index (χ4v) is 3.08. The molecule has 0 amide bonds. The lowest BCUT2D eigenvalue weighted by Gasteiger charge is -2.30. The van der Waals surface area contributed by atoms with Gasteiger partial charge in [-0.3, -0.25) is 4.99 Å². The Labute approximate surface area is 157 Å². The second-order valence-corrected chi connectivity index (χ2v) is 6.59. The second-order valence-electron chi connectivity index (χ2n) is 6.59. The summed E-state index contributed by atoms with van der Waals surface area (Å²) in [6.45, 7) is 7.74. The van der Waals surface area contributed by atoms with Crippen LogP contribution in [0, 0.1) is 5.92 Å². The van der Waals surface area contributed by atoms with Crippen molar-refractivity contribution in [3.63, 3.8) is 0 Å². The van der Waals surface area contributed by atoms with E-state index in [4.69, 9.17) is 9.47 Å². The summed E-state index contributed by atoms with van der Waals surface area (Å²) in [5.41, 5.74) is 0. The van der Waals surface area contributed by atoms with Crippen LogP contribution < -0.4 is 10.6 Å². The molecular weight excluding hydrogens is 407 g/mol. The molecule has 136 valence electrons. The fourth-order valence-electron chi connectivity index (χ4n) is 3.08. The van der Waals surface area contributed by atoms with E-state index in [1.165, 1.54) is 25.9 Å². The number of halogens is 1. The molecular formula is C16H33IN4O2. The molecule has 2 aliphatic heterocycles. The number of hydrogen-bond acceptors (Lipinski definition) is 4. The lowest BCUT2D eigenvalue weighted by molar-refractivity contribution is 0.0347. The molecule has 0 aromatic heterocycles. The maximum absolute atomic E-state index is 5.84. The van der Waals surface area contributed by atoms with Crippen LogP contribution in [0.1, 0.15) is 26.2 Å². The first kappa shape index (κ1) is 20.9. The van der Waals surface area contributed by atoms with Gasteiger partial charge in [0.2, 0.25) is 0 Å². The molecule has 2 fully saturated rings. The number of likely N-dealkylation sites (tertiary alicyclic amines) is 1. The normalized spacial score (nSPS) is 27.3. The SMILES string of the molecule is CN=C(NCC1CCCN(C)C1)NC(C)COC1CCOC1.I. The molecule has 23 heavy (non-hydrogen) atoms. The smallest absolute Gasteiger partial charge is 0.191 e. The summed E-state index contributed by atoms with van der Waals surface area (Å²) in [5.74, 6) is 1.58. The van der Waals surface area contributed by atoms with E-state index in [0.29, 0.717) is 12.5 Å². The van der Waals surface area contributed by atoms with Crippen molar-refractivity contribution in [1.82, 2.24) is 15.5 Å². The maximum atomic E-state index is 5.84. The van der Waals surface area contributed by atoms with Crippen LogP contribution >= 0.6 is 24.0 Å². The zero-order valence-corrected chi connectivity index (χ0v) is 17.0. The Kier molecular flexibility index (Phi) is 10.4. The Balaban J connectivity index is 0.00000264. The highest BCUT2D eigenvalue weighted by molar-refractivity contribution is 14.0. The molecule has 2 heterocycles. The lowest BCUT2D eigenvalue weighted by Crippen LogP contribution is -2.47. The third kappa shape index (κ3) is 8.00. The zero-order valence-electron chi connectivity index (χ0n) is 14.7. The van der Waals surface area contributed by atoms with Gasteiger partial charge in [0.25, 0.3) is 0 Å². The summed E-state index contributed by atoms with van der Waals surface area (Å²) >= 11 is 0. The van der Waals surface area contributed by atoms with Gasteiger partial charge in [-0.2, -0.15) is 0 Å². The highest BCUT2D eigenvalue weighted by Crippen LogP contribution is 2.13. The standard InChI is InChI=1S/C16H32N4O2.HI/c1-13(11-22-15-6-8-21-12-15)19-16(17-2)18-9-14-5-4-7-20(3)10-14;/h13-15H,4-12H2,1-3H3,(H2,17,18,19);1H. The number of aliphatic imine (C=N–C) groups is 1. The lowest BCUT2D eigenvalue weighted by atomic mass is 9.99. The molecule has 7 heteroatoms. The molecule has 0 spiro atoms. The number of guanidine groups is 1. The second kappa shape index (κ2) is 11.4. The van der Waals surface area contributed by atoms with E-state index in [1.54, 1.807) is 0 Å². The van der Waals surface area contributed by atoms with Crippen molar-refractivity contribution in [3.05, 3.63) is 0 Å². The summed E-state index contributed by atoms with van der Waals surface area (Å²) in [6.07, 6.45) is 3.86. The Morgan fingerprint density at radius 1 is 1.43 bits per heavy atom. The van der Waals surface area contributed by atoms with E-state index in [-0.39, 0.29) is 36.1 Å². The number of hydrogen-bond donors (Lipinski definition) is 2. The van der Waals surface area contributed by atoms with Crippen molar-refractivity contribution in [1.29, 1.82) is 0 Å². The molecule has 0 aromatic carbocycles. The number of rotatable bonds is 6. The average Bonchev–Trinajstić information content (AvgIpc) is 3.03. The van der Waals surface area contributed by atoms with E-state index in [1.807, 2.05) is 7.05 Å². The average molecular weight is 440 g/mol. The summed E-state index contributed by atoms with van der Waals surface area (Å²) in [6, 6.07) is 0.237. The predicted molar refractivity (Wildman–Crippen MR) is 105 cm³/mol. The maximum Gasteiger partial charge on any atom is 0.191 e. The molecule has 0 saturated carbocycles. The van der Waals surface area contributed by atoms with E-state index in [9.17, 15) is 0 Å². The summed E-state index contributed by atoms with van der Waals surface area (Å²) < 4.78 is 11.2. The Hall–Kier alpha value is -0.120. The van der Waals surface area contributed by atoms with E-state index in [2.05, 4.69) is 34.5 Å². The minimum atomic E-state index is 0. The largest absolute Gasteiger partial charge is 0.379 e. The molecule has 3 atom stereocenters. The molecule has 2 N–H and O–H groups in total. The van der Waals surface area contributed by atoms with Crippen molar-refractivity contribution < 1.29 is 9.47 Å². The quantitative estimate of drug-likeness (QED) is 0.371. The molecule has 0 aromatic rings. The molecule has 0 bridgehead atoms. The summed E-state index contributed by atoms with van der Waals surface area (Å²) in [4.78, 5) is 6.72. The van der Waals surface area contributed by atoms with E-state index < -0.39 is 0 Å². The van der Waals surface area contributed by atoms with Crippen LogP contribution in [0.25, 0.3) is 0 Å². The Morgan fingerprint density at radius 2 is 2.26 bits per heavy atom. The van der Waals surface area contributed by atoms with Crippen molar-refractivity contribution in [2.75, 3.05) is 53.6 Å². The minimum absolute atomic E-state index is 0. The van der Waals surface area contributed by atoms with Crippen molar-refractivity contribution in [2.24, 2.45) is 10.9 Å². The van der Waals surface area contributed by atoms with Crippen molar-refractivity contribution >= 4 is 29.9 Å². The fraction of sp³-hybridized carbons (Fsp3) is 0.938. The molecule has 2 rings (SSSR count). The van der Waals surface area contributed by atoms with Crippen molar-refractivity contribution in [2.45, 2.75) is 38.3 Å². The molecule has 0 radical (unpaired) electrons. The highest BCUT2D eigenvalue weighted by Gasteiger charge is 2.19. The third-order valence-electron chi connectivity index (χ3n) is 4.36. The van der Waals surface area contributed by atoms with Gasteiger partial charge in [-0.15, -0.1) is 24.0 Å². The first-order valence-electron chi connectivity index (χ1n) is 8.52. The molecule has 2 saturated heterocycles. The first-order chi connectivity index (χ1) is 10.7. The van der Waals surface area contributed by atoms with Crippen molar-refractivity contribution in [3.8, 4) is 0 Å². The molecule has 2 aliphatic rings. The summed E-state index contributed by atoms with van der Waals surface area (Å²) in [5, 5.41) is 6.85. The van der Waals surface area contributed by atoms with Crippen LogP contribution in [0.5, 0.6) is 0 Å². The van der Waals surface area contributed by atoms with E-state index in [0.717, 1.165) is 32.1 Å². The molecule has 3 unspecified atom stereocenters. The first-order valence-corrected chi connectivity index (χ1v) is 8.52. The Morgan fingerprint density at radius 3 is 2.91 bits per heavy atom. The van der Waals surface area contributed by atoms with Gasteiger partial charge >= 0.3 is 0 Å². The van der Waals surface area contributed by atoms with Crippen LogP contribution in [0.4, 0.5) is 0 Å². The molecule has 6 nitrogen and oxygen atoms in total. The van der Waals surface area contributed by atoms with Gasteiger partial charge < -0.3 is 25.0 Å². The highest BCUT2D eigenvalue weighted by atomic mass is 127. The van der Waals surface area contributed by atoms with Crippen LogP contribution in [0.2, 0.25) is 0 Å². The minimum Gasteiger partial charge on any atom is -0.379 e. The van der Waals surface area contributed by atoms with Gasteiger partial charge in [0.1, 0.15) is 0 Å². The van der Waals surface area contributed by atoms with Gasteiger partial charge in [0.15, 0.2) is 5.96 Å². The number of nitrogens with one attached hydrogen (secondary N) is 2. The zero-order chi connectivity index (χ0) is 15.8. The molecule has 0 aliphatic carbocycles. The topological polar surface area (TPSA) is 58.1 Å². The van der Waals surface area contributed by atoms with Crippen LogP contribution in [0.3, 0.4) is 0 Å².